The van der Waals surface area contributed by atoms with Gasteiger partial charge in [0.05, 0.1) is 18.0 Å². The first kappa shape index (κ1) is 9.57. The molecule has 90 valence electrons. The normalized spacial score (nSPS) is 13.1. The molecule has 0 spiro atoms. The first-order chi connectivity index (χ1) is 9.42. The Morgan fingerprint density at radius 3 is 3.16 bits per heavy atom. The van der Waals surface area contributed by atoms with E-state index >= 15 is 0 Å². The standard InChI is InChI=1S/C13H8N5S/c1-2-14-5-9-8(1)7-18-12-11(19-13(9)18)16-10-6-15-3-4-17(10)12/h1-6H,7H2/q+1. The van der Waals surface area contributed by atoms with E-state index in [1.165, 1.54) is 16.1 Å². The number of imidazole rings is 1. The van der Waals surface area contributed by atoms with Crippen LogP contribution >= 0.6 is 11.3 Å². The lowest BCUT2D eigenvalue weighted by Gasteiger charge is -1.91. The van der Waals surface area contributed by atoms with Gasteiger partial charge in [-0.3, -0.25) is 9.97 Å². The number of pyridine rings is 1. The molecule has 5 rings (SSSR count). The molecule has 0 saturated carbocycles. The van der Waals surface area contributed by atoms with Gasteiger partial charge in [-0.15, -0.1) is 0 Å². The zero-order valence-electron chi connectivity index (χ0n) is 9.82. The maximum absolute atomic E-state index is 4.63. The van der Waals surface area contributed by atoms with E-state index in [-0.39, 0.29) is 0 Å². The van der Waals surface area contributed by atoms with Crippen molar-refractivity contribution in [2.45, 2.75) is 6.54 Å². The van der Waals surface area contributed by atoms with Gasteiger partial charge in [-0.2, -0.15) is 9.38 Å². The van der Waals surface area contributed by atoms with Gasteiger partial charge in [0.1, 0.15) is 12.7 Å². The SMILES string of the molecule is c1cc2c(cn1)-c1sc3nc4cnccn4c3[n+]1C2. The Morgan fingerprint density at radius 1 is 1.21 bits per heavy atom. The molecule has 0 bridgehead atoms. The highest BCUT2D eigenvalue weighted by atomic mass is 32.1. The van der Waals surface area contributed by atoms with Crippen LogP contribution in [0.5, 0.6) is 0 Å². The Labute approximate surface area is 111 Å². The summed E-state index contributed by atoms with van der Waals surface area (Å²) in [5, 5.41) is 1.24. The van der Waals surface area contributed by atoms with Crippen molar-refractivity contribution in [2.75, 3.05) is 0 Å². The molecule has 0 atom stereocenters. The Balaban J connectivity index is 1.94. The summed E-state index contributed by atoms with van der Waals surface area (Å²) in [6.07, 6.45) is 9.35. The third kappa shape index (κ3) is 1.09. The molecule has 0 amide bonds. The van der Waals surface area contributed by atoms with Gasteiger partial charge in [-0.05, 0) is 6.07 Å². The van der Waals surface area contributed by atoms with Crippen molar-refractivity contribution in [3.8, 4) is 10.6 Å². The molecule has 4 aromatic heterocycles. The van der Waals surface area contributed by atoms with Crippen molar-refractivity contribution in [1.82, 2.24) is 19.4 Å². The Morgan fingerprint density at radius 2 is 2.16 bits per heavy atom. The number of hydrogen-bond donors (Lipinski definition) is 0. The highest BCUT2D eigenvalue weighted by molar-refractivity contribution is 7.20. The molecule has 0 radical (unpaired) electrons. The Hall–Kier alpha value is -2.34. The molecule has 6 heteroatoms. The molecule has 0 fully saturated rings. The zero-order chi connectivity index (χ0) is 12.4. The minimum Gasteiger partial charge on any atom is -0.264 e. The van der Waals surface area contributed by atoms with E-state index < -0.39 is 0 Å². The average molecular weight is 266 g/mol. The van der Waals surface area contributed by atoms with E-state index in [1.54, 1.807) is 23.7 Å². The van der Waals surface area contributed by atoms with Gasteiger partial charge in [0.15, 0.2) is 5.01 Å². The minimum absolute atomic E-state index is 0.892. The number of fused-ring (bicyclic) bond motifs is 7. The molecule has 4 aromatic rings. The van der Waals surface area contributed by atoms with Crippen LogP contribution < -0.4 is 4.57 Å². The molecule has 1 aliphatic rings. The summed E-state index contributed by atoms with van der Waals surface area (Å²) < 4.78 is 4.41. The van der Waals surface area contributed by atoms with Gasteiger partial charge >= 0.3 is 5.65 Å². The Bertz CT molecular complexity index is 952. The molecule has 5 heterocycles. The number of aromatic nitrogens is 5. The second-order valence-corrected chi connectivity index (χ2v) is 5.55. The molecule has 0 saturated heterocycles. The second-order valence-electron chi connectivity index (χ2n) is 4.57. The van der Waals surface area contributed by atoms with E-state index in [0.29, 0.717) is 0 Å². The van der Waals surface area contributed by atoms with Crippen molar-refractivity contribution in [1.29, 1.82) is 0 Å². The summed E-state index contributed by atoms with van der Waals surface area (Å²) in [5.74, 6) is 0. The van der Waals surface area contributed by atoms with Crippen LogP contribution in [0.25, 0.3) is 26.7 Å². The van der Waals surface area contributed by atoms with Crippen molar-refractivity contribution < 1.29 is 4.57 Å². The summed E-state index contributed by atoms with van der Waals surface area (Å²) in [6.45, 7) is 0.892. The lowest BCUT2D eigenvalue weighted by atomic mass is 10.2. The maximum atomic E-state index is 4.63. The summed E-state index contributed by atoms with van der Waals surface area (Å²) in [6, 6.07) is 2.09. The number of nitrogens with zero attached hydrogens (tertiary/aromatic N) is 5. The van der Waals surface area contributed by atoms with Crippen LogP contribution in [0.1, 0.15) is 5.56 Å². The molecule has 0 aromatic carbocycles. The van der Waals surface area contributed by atoms with Crippen molar-refractivity contribution in [3.63, 3.8) is 0 Å². The molecule has 5 nitrogen and oxygen atoms in total. The first-order valence-electron chi connectivity index (χ1n) is 5.99. The van der Waals surface area contributed by atoms with Gasteiger partial charge in [0.25, 0.3) is 0 Å². The fourth-order valence-electron chi connectivity index (χ4n) is 2.70. The van der Waals surface area contributed by atoms with Gasteiger partial charge in [0.2, 0.25) is 10.5 Å². The van der Waals surface area contributed by atoms with Crippen molar-refractivity contribution in [2.24, 2.45) is 0 Å². The monoisotopic (exact) mass is 266 g/mol. The molecular weight excluding hydrogens is 258 g/mol. The smallest absolute Gasteiger partial charge is 0.264 e. The third-order valence-electron chi connectivity index (χ3n) is 3.54. The average Bonchev–Trinajstić information content (AvgIpc) is 3.05. The minimum atomic E-state index is 0.892. The number of rotatable bonds is 0. The van der Waals surface area contributed by atoms with E-state index in [4.69, 9.17) is 0 Å². The van der Waals surface area contributed by atoms with Crippen LogP contribution in [0, 0.1) is 0 Å². The van der Waals surface area contributed by atoms with E-state index in [1.807, 2.05) is 18.6 Å². The first-order valence-corrected chi connectivity index (χ1v) is 6.81. The van der Waals surface area contributed by atoms with Gasteiger partial charge in [0, 0.05) is 18.0 Å². The predicted molar refractivity (Wildman–Crippen MR) is 70.9 cm³/mol. The van der Waals surface area contributed by atoms with E-state index in [0.717, 1.165) is 22.7 Å². The molecule has 1 aliphatic heterocycles. The topological polar surface area (TPSA) is 47.0 Å². The third-order valence-corrected chi connectivity index (χ3v) is 4.64. The lowest BCUT2D eigenvalue weighted by molar-refractivity contribution is -0.644. The predicted octanol–water partition coefficient (Wildman–Crippen LogP) is 1.66. The molecule has 19 heavy (non-hydrogen) atoms. The fourth-order valence-corrected chi connectivity index (χ4v) is 3.88. The highest BCUT2D eigenvalue weighted by Gasteiger charge is 2.31. The van der Waals surface area contributed by atoms with Crippen LogP contribution in [-0.4, -0.2) is 19.4 Å². The fraction of sp³-hybridized carbons (Fsp3) is 0.0769. The van der Waals surface area contributed by atoms with Gasteiger partial charge < -0.3 is 0 Å². The molecule has 0 aliphatic carbocycles. The molecule has 0 N–H and O–H groups in total. The largest absolute Gasteiger partial charge is 0.326 e. The van der Waals surface area contributed by atoms with Crippen LogP contribution in [-0.2, 0) is 6.54 Å². The summed E-state index contributed by atoms with van der Waals surface area (Å²) >= 11 is 1.72. The Kier molecular flexibility index (Phi) is 1.59. The second kappa shape index (κ2) is 3.16. The van der Waals surface area contributed by atoms with E-state index in [2.05, 4.69) is 30.0 Å². The molecule has 0 unspecified atom stereocenters. The quantitative estimate of drug-likeness (QED) is 0.400. The number of hydrogen-bond acceptors (Lipinski definition) is 4. The summed E-state index contributed by atoms with van der Waals surface area (Å²) in [7, 11) is 0. The summed E-state index contributed by atoms with van der Waals surface area (Å²) in [4.78, 5) is 14.0. The molecular formula is C13H8N5S+. The summed E-state index contributed by atoms with van der Waals surface area (Å²) in [5.41, 5.74) is 4.60. The van der Waals surface area contributed by atoms with Gasteiger partial charge in [-0.25, -0.2) is 4.57 Å². The van der Waals surface area contributed by atoms with Gasteiger partial charge in [-0.1, -0.05) is 11.3 Å². The number of thiazole rings is 1. The zero-order valence-corrected chi connectivity index (χ0v) is 10.6. The highest BCUT2D eigenvalue weighted by Crippen LogP contribution is 2.34. The maximum Gasteiger partial charge on any atom is 0.326 e. The van der Waals surface area contributed by atoms with Crippen molar-refractivity contribution >= 4 is 27.5 Å². The van der Waals surface area contributed by atoms with Crippen LogP contribution in [0.2, 0.25) is 0 Å². The lowest BCUT2D eigenvalue weighted by Crippen LogP contribution is -2.31. The van der Waals surface area contributed by atoms with Crippen LogP contribution in [0.3, 0.4) is 0 Å². The van der Waals surface area contributed by atoms with Crippen molar-refractivity contribution in [3.05, 3.63) is 42.6 Å². The van der Waals surface area contributed by atoms with Crippen LogP contribution in [0.15, 0.2) is 37.1 Å². The van der Waals surface area contributed by atoms with E-state index in [9.17, 15) is 0 Å². The van der Waals surface area contributed by atoms with Crippen LogP contribution in [0.4, 0.5) is 0 Å².